The molecule has 2 amide bonds. The molecule has 26 heavy (non-hydrogen) atoms. The molecular formula is C17H17BrN4O4. The highest BCUT2D eigenvalue weighted by Gasteiger charge is 1.96. The molecule has 0 spiro atoms. The first-order valence-corrected chi connectivity index (χ1v) is 8.09. The summed E-state index contributed by atoms with van der Waals surface area (Å²) >= 11 is 3.24. The molecule has 8 nitrogen and oxygen atoms in total. The Labute approximate surface area is 158 Å². The van der Waals surface area contributed by atoms with E-state index in [0.717, 1.165) is 10.5 Å². The van der Waals surface area contributed by atoms with Crippen LogP contribution in [-0.2, 0) is 14.4 Å². The highest BCUT2D eigenvalue weighted by molar-refractivity contribution is 9.10. The molecule has 0 atom stereocenters. The summed E-state index contributed by atoms with van der Waals surface area (Å²) in [5.74, 6) is -0.312. The number of carbonyl (C=O) groups is 3. The van der Waals surface area contributed by atoms with Crippen LogP contribution in [0.15, 0.2) is 47.2 Å². The fourth-order valence-corrected chi connectivity index (χ4v) is 1.79. The van der Waals surface area contributed by atoms with Gasteiger partial charge >= 0.3 is 5.97 Å². The van der Waals surface area contributed by atoms with Crippen LogP contribution in [0.2, 0.25) is 0 Å². The molecule has 0 aromatic carbocycles. The lowest BCUT2D eigenvalue weighted by Gasteiger charge is -2.00. The largest absolute Gasteiger partial charge is 0.478 e. The summed E-state index contributed by atoms with van der Waals surface area (Å²) in [6.07, 6.45) is 5.55. The molecule has 2 aromatic heterocycles. The van der Waals surface area contributed by atoms with Crippen LogP contribution in [-0.4, -0.2) is 32.9 Å². The van der Waals surface area contributed by atoms with Crippen molar-refractivity contribution in [2.75, 3.05) is 10.6 Å². The molecular weight excluding hydrogens is 404 g/mol. The third-order valence-corrected chi connectivity index (χ3v) is 3.01. The zero-order chi connectivity index (χ0) is 19.5. The minimum atomic E-state index is -1.01. The van der Waals surface area contributed by atoms with Gasteiger partial charge in [-0.05, 0) is 51.8 Å². The van der Waals surface area contributed by atoms with Gasteiger partial charge in [0.25, 0.3) is 0 Å². The summed E-state index contributed by atoms with van der Waals surface area (Å²) in [7, 11) is 0. The van der Waals surface area contributed by atoms with Gasteiger partial charge in [-0.2, -0.15) is 0 Å². The monoisotopic (exact) mass is 420 g/mol. The SMILES string of the molecule is CC(=O)Nc1ccc(Br)cn1.CC(=O)Nc1ccc(C=CC(=O)O)cn1. The number of nitrogens with one attached hydrogen (secondary N) is 2. The van der Waals surface area contributed by atoms with Crippen LogP contribution in [0.3, 0.4) is 0 Å². The van der Waals surface area contributed by atoms with Crippen LogP contribution in [0.1, 0.15) is 19.4 Å². The van der Waals surface area contributed by atoms with Crippen LogP contribution in [0, 0.1) is 0 Å². The van der Waals surface area contributed by atoms with E-state index < -0.39 is 5.97 Å². The Balaban J connectivity index is 0.000000273. The first kappa shape index (κ1) is 21.0. The summed E-state index contributed by atoms with van der Waals surface area (Å²) in [5, 5.41) is 13.5. The van der Waals surface area contributed by atoms with E-state index >= 15 is 0 Å². The van der Waals surface area contributed by atoms with Crippen molar-refractivity contribution in [3.05, 3.63) is 52.8 Å². The normalized spacial score (nSPS) is 9.81. The van der Waals surface area contributed by atoms with Crippen molar-refractivity contribution in [3.8, 4) is 0 Å². The fourth-order valence-electron chi connectivity index (χ4n) is 1.56. The van der Waals surface area contributed by atoms with E-state index in [2.05, 4.69) is 36.5 Å². The number of carbonyl (C=O) groups excluding carboxylic acids is 2. The minimum absolute atomic E-state index is 0.111. The van der Waals surface area contributed by atoms with E-state index in [-0.39, 0.29) is 11.8 Å². The molecule has 2 aromatic rings. The minimum Gasteiger partial charge on any atom is -0.478 e. The number of amides is 2. The predicted molar refractivity (Wildman–Crippen MR) is 101 cm³/mol. The van der Waals surface area contributed by atoms with E-state index in [4.69, 9.17) is 5.11 Å². The zero-order valence-corrected chi connectivity index (χ0v) is 15.6. The van der Waals surface area contributed by atoms with Crippen molar-refractivity contribution in [1.82, 2.24) is 9.97 Å². The van der Waals surface area contributed by atoms with Gasteiger partial charge in [0.15, 0.2) is 0 Å². The molecule has 136 valence electrons. The number of hydrogen-bond acceptors (Lipinski definition) is 5. The topological polar surface area (TPSA) is 121 Å². The highest BCUT2D eigenvalue weighted by atomic mass is 79.9. The van der Waals surface area contributed by atoms with Gasteiger partial charge in [-0.1, -0.05) is 0 Å². The van der Waals surface area contributed by atoms with Crippen molar-refractivity contribution in [2.45, 2.75) is 13.8 Å². The van der Waals surface area contributed by atoms with Gasteiger partial charge in [-0.3, -0.25) is 9.59 Å². The molecule has 0 unspecified atom stereocenters. The molecule has 0 bridgehead atoms. The van der Waals surface area contributed by atoms with Crippen LogP contribution in [0.5, 0.6) is 0 Å². The molecule has 0 saturated heterocycles. The van der Waals surface area contributed by atoms with Gasteiger partial charge in [0, 0.05) is 36.8 Å². The molecule has 2 rings (SSSR count). The van der Waals surface area contributed by atoms with Gasteiger partial charge in [0.1, 0.15) is 11.6 Å². The molecule has 0 aliphatic heterocycles. The number of hydrogen-bond donors (Lipinski definition) is 3. The number of carboxylic acids is 1. The number of carboxylic acid groups (broad SMARTS) is 1. The maximum Gasteiger partial charge on any atom is 0.328 e. The Kier molecular flexibility index (Phi) is 8.65. The van der Waals surface area contributed by atoms with Crippen molar-refractivity contribution in [2.24, 2.45) is 0 Å². The summed E-state index contributed by atoms with van der Waals surface area (Å²) in [6.45, 7) is 2.84. The molecule has 0 radical (unpaired) electrons. The Morgan fingerprint density at radius 3 is 1.88 bits per heavy atom. The Hall–Kier alpha value is -3.07. The number of anilines is 2. The van der Waals surface area contributed by atoms with Gasteiger partial charge in [0.05, 0.1) is 0 Å². The van der Waals surface area contributed by atoms with Gasteiger partial charge in [-0.15, -0.1) is 0 Å². The first-order chi connectivity index (χ1) is 12.3. The molecule has 0 aliphatic carbocycles. The van der Waals surface area contributed by atoms with E-state index in [1.165, 1.54) is 26.1 Å². The Morgan fingerprint density at radius 2 is 1.50 bits per heavy atom. The second-order valence-electron chi connectivity index (χ2n) is 4.87. The standard InChI is InChI=1S/C10H10N2O3.C7H7BrN2O/c1-7(13)12-9-4-2-8(6-11-9)3-5-10(14)15;1-5(11)10-7-3-2-6(8)4-9-7/h2-6H,1H3,(H,14,15)(H,11,12,13);2-4H,1H3,(H,9,10,11). The van der Waals surface area contributed by atoms with Crippen LogP contribution < -0.4 is 10.6 Å². The highest BCUT2D eigenvalue weighted by Crippen LogP contribution is 2.10. The zero-order valence-electron chi connectivity index (χ0n) is 14.1. The van der Waals surface area contributed by atoms with E-state index in [0.29, 0.717) is 17.2 Å². The van der Waals surface area contributed by atoms with Crippen LogP contribution in [0.4, 0.5) is 11.6 Å². The fraction of sp³-hybridized carbons (Fsp3) is 0.118. The summed E-state index contributed by atoms with van der Waals surface area (Å²) < 4.78 is 0.895. The van der Waals surface area contributed by atoms with Gasteiger partial charge < -0.3 is 15.7 Å². The number of nitrogens with zero attached hydrogens (tertiary/aromatic N) is 2. The quantitative estimate of drug-likeness (QED) is 0.653. The number of rotatable bonds is 4. The number of pyridine rings is 2. The van der Waals surface area contributed by atoms with E-state index in [1.807, 2.05) is 6.07 Å². The van der Waals surface area contributed by atoms with Crippen molar-refractivity contribution in [3.63, 3.8) is 0 Å². The molecule has 0 fully saturated rings. The van der Waals surface area contributed by atoms with Crippen LogP contribution >= 0.6 is 15.9 Å². The van der Waals surface area contributed by atoms with Crippen molar-refractivity contribution in [1.29, 1.82) is 0 Å². The van der Waals surface area contributed by atoms with E-state index in [9.17, 15) is 14.4 Å². The average Bonchev–Trinajstić information content (AvgIpc) is 2.56. The Bertz CT molecular complexity index is 789. The number of halogens is 1. The third-order valence-electron chi connectivity index (χ3n) is 2.54. The lowest BCUT2D eigenvalue weighted by molar-refractivity contribution is -0.131. The molecule has 0 saturated carbocycles. The number of aliphatic carboxylic acids is 1. The van der Waals surface area contributed by atoms with Crippen LogP contribution in [0.25, 0.3) is 6.08 Å². The second-order valence-corrected chi connectivity index (χ2v) is 5.79. The molecule has 3 N–H and O–H groups in total. The lowest BCUT2D eigenvalue weighted by atomic mass is 10.2. The summed E-state index contributed by atoms with van der Waals surface area (Å²) in [6, 6.07) is 6.81. The van der Waals surface area contributed by atoms with Crippen molar-refractivity contribution >= 4 is 51.4 Å². The third kappa shape index (κ3) is 9.28. The Morgan fingerprint density at radius 1 is 0.962 bits per heavy atom. The van der Waals surface area contributed by atoms with Gasteiger partial charge in [-0.25, -0.2) is 14.8 Å². The maximum atomic E-state index is 10.7. The van der Waals surface area contributed by atoms with Gasteiger partial charge in [0.2, 0.25) is 11.8 Å². The van der Waals surface area contributed by atoms with E-state index in [1.54, 1.807) is 24.4 Å². The maximum absolute atomic E-state index is 10.7. The predicted octanol–water partition coefficient (Wildman–Crippen LogP) is 2.94. The average molecular weight is 421 g/mol. The smallest absolute Gasteiger partial charge is 0.328 e. The van der Waals surface area contributed by atoms with Crippen molar-refractivity contribution < 1.29 is 19.5 Å². The summed E-state index contributed by atoms with van der Waals surface area (Å²) in [5.41, 5.74) is 0.659. The number of aromatic nitrogens is 2. The summed E-state index contributed by atoms with van der Waals surface area (Å²) in [4.78, 5) is 39.3. The molecule has 9 heteroatoms. The molecule has 0 aliphatic rings. The first-order valence-electron chi connectivity index (χ1n) is 7.30. The molecule has 2 heterocycles. The lowest BCUT2D eigenvalue weighted by Crippen LogP contribution is -2.06. The second kappa shape index (κ2) is 10.7.